The van der Waals surface area contributed by atoms with Crippen LogP contribution in [0.3, 0.4) is 0 Å². The topological polar surface area (TPSA) is 41.5 Å². The average Bonchev–Trinajstić information content (AvgIpc) is 2.18. The van der Waals surface area contributed by atoms with Crippen LogP contribution in [-0.4, -0.2) is 11.8 Å². The van der Waals surface area contributed by atoms with Gasteiger partial charge in [0.1, 0.15) is 5.75 Å². The quantitative estimate of drug-likeness (QED) is 0.723. The molecule has 14 heavy (non-hydrogen) atoms. The number of aryl methyl sites for hydroxylation is 1. The molecule has 0 atom stereocenters. The molecule has 0 radical (unpaired) electrons. The first-order valence-electron chi connectivity index (χ1n) is 4.79. The monoisotopic (exact) mass is 195 g/mol. The van der Waals surface area contributed by atoms with Crippen molar-refractivity contribution >= 4 is 0 Å². The van der Waals surface area contributed by atoms with Crippen LogP contribution in [-0.2, 0) is 6.54 Å². The van der Waals surface area contributed by atoms with E-state index in [0.717, 1.165) is 16.9 Å². The van der Waals surface area contributed by atoms with E-state index < -0.39 is 0 Å². The van der Waals surface area contributed by atoms with E-state index in [0.29, 0.717) is 13.2 Å². The molecule has 0 aliphatic heterocycles. The van der Waals surface area contributed by atoms with Crippen molar-refractivity contribution in [3.8, 4) is 5.75 Å². The van der Waals surface area contributed by atoms with E-state index in [1.807, 2.05) is 32.9 Å². The van der Waals surface area contributed by atoms with Crippen LogP contribution >= 0.6 is 0 Å². The zero-order chi connectivity index (χ0) is 10.6. The highest BCUT2D eigenvalue weighted by molar-refractivity contribution is 5.45. The van der Waals surface area contributed by atoms with Crippen molar-refractivity contribution in [1.29, 1.82) is 0 Å². The highest BCUT2D eigenvalue weighted by Crippen LogP contribution is 2.26. The van der Waals surface area contributed by atoms with Crippen LogP contribution in [0, 0.1) is 13.8 Å². The van der Waals surface area contributed by atoms with E-state index in [4.69, 9.17) is 9.94 Å². The Morgan fingerprint density at radius 2 is 2.07 bits per heavy atom. The molecular formula is C11H17NO2. The maximum Gasteiger partial charge on any atom is 0.127 e. The molecule has 0 fully saturated rings. The number of hydroxylamine groups is 1. The second-order valence-electron chi connectivity index (χ2n) is 3.26. The van der Waals surface area contributed by atoms with Gasteiger partial charge >= 0.3 is 0 Å². The second-order valence-corrected chi connectivity index (χ2v) is 3.26. The number of benzene rings is 1. The van der Waals surface area contributed by atoms with Gasteiger partial charge in [0, 0.05) is 12.1 Å². The van der Waals surface area contributed by atoms with Gasteiger partial charge in [0.2, 0.25) is 0 Å². The van der Waals surface area contributed by atoms with Crippen molar-refractivity contribution < 1.29 is 9.94 Å². The predicted molar refractivity (Wildman–Crippen MR) is 55.7 cm³/mol. The summed E-state index contributed by atoms with van der Waals surface area (Å²) in [6, 6.07) is 4.00. The molecule has 0 saturated heterocycles. The number of hydrogen-bond acceptors (Lipinski definition) is 3. The summed E-state index contributed by atoms with van der Waals surface area (Å²) in [5, 5.41) is 8.67. The first-order chi connectivity index (χ1) is 6.70. The Kier molecular flexibility index (Phi) is 3.92. The molecule has 1 aromatic rings. The van der Waals surface area contributed by atoms with Crippen molar-refractivity contribution in [1.82, 2.24) is 5.48 Å². The summed E-state index contributed by atoms with van der Waals surface area (Å²) in [4.78, 5) is 0. The van der Waals surface area contributed by atoms with Gasteiger partial charge in [0.05, 0.1) is 6.61 Å². The Hall–Kier alpha value is -1.06. The summed E-state index contributed by atoms with van der Waals surface area (Å²) in [7, 11) is 0. The van der Waals surface area contributed by atoms with E-state index in [2.05, 4.69) is 5.48 Å². The molecule has 1 rings (SSSR count). The number of rotatable bonds is 4. The summed E-state index contributed by atoms with van der Waals surface area (Å²) < 4.78 is 5.55. The molecule has 1 aromatic carbocycles. The zero-order valence-electron chi connectivity index (χ0n) is 8.92. The molecule has 0 bridgehead atoms. The van der Waals surface area contributed by atoms with Crippen LogP contribution in [0.25, 0.3) is 0 Å². The molecule has 3 heteroatoms. The van der Waals surface area contributed by atoms with Gasteiger partial charge in [0.15, 0.2) is 0 Å². The molecule has 78 valence electrons. The summed E-state index contributed by atoms with van der Waals surface area (Å²) in [6.45, 7) is 7.09. The minimum absolute atomic E-state index is 0.413. The van der Waals surface area contributed by atoms with Crippen molar-refractivity contribution in [2.24, 2.45) is 0 Å². The molecule has 0 aliphatic rings. The standard InChI is InChI=1S/C11H17NO2/c1-4-14-11-9(3)8(2)5-6-10(11)7-12-13/h5-6,12-13H,4,7H2,1-3H3. The van der Waals surface area contributed by atoms with Crippen LogP contribution in [0.2, 0.25) is 0 Å². The largest absolute Gasteiger partial charge is 0.493 e. The van der Waals surface area contributed by atoms with Crippen molar-refractivity contribution in [3.05, 3.63) is 28.8 Å². The summed E-state index contributed by atoms with van der Waals surface area (Å²) >= 11 is 0. The van der Waals surface area contributed by atoms with Gasteiger partial charge in [-0.1, -0.05) is 12.1 Å². The molecule has 0 aliphatic carbocycles. The van der Waals surface area contributed by atoms with E-state index in [1.54, 1.807) is 0 Å². The van der Waals surface area contributed by atoms with Crippen molar-refractivity contribution in [3.63, 3.8) is 0 Å². The van der Waals surface area contributed by atoms with Crippen LogP contribution in [0.1, 0.15) is 23.6 Å². The zero-order valence-corrected chi connectivity index (χ0v) is 8.92. The molecule has 0 heterocycles. The smallest absolute Gasteiger partial charge is 0.127 e. The van der Waals surface area contributed by atoms with E-state index in [1.165, 1.54) is 5.56 Å². The third kappa shape index (κ3) is 2.25. The lowest BCUT2D eigenvalue weighted by atomic mass is 10.0. The highest BCUT2D eigenvalue weighted by atomic mass is 16.5. The lowest BCUT2D eigenvalue weighted by Crippen LogP contribution is -2.09. The minimum atomic E-state index is 0.413. The third-order valence-electron chi connectivity index (χ3n) is 2.32. The Morgan fingerprint density at radius 1 is 1.36 bits per heavy atom. The van der Waals surface area contributed by atoms with Gasteiger partial charge in [-0.05, 0) is 31.9 Å². The van der Waals surface area contributed by atoms with Crippen molar-refractivity contribution in [2.75, 3.05) is 6.61 Å². The molecule has 0 spiro atoms. The number of nitrogens with one attached hydrogen (secondary N) is 1. The van der Waals surface area contributed by atoms with Gasteiger partial charge in [-0.3, -0.25) is 0 Å². The SMILES string of the molecule is CCOc1c(CNO)ccc(C)c1C. The summed E-state index contributed by atoms with van der Waals surface area (Å²) in [6.07, 6.45) is 0. The molecule has 0 aromatic heterocycles. The van der Waals surface area contributed by atoms with Gasteiger partial charge < -0.3 is 9.94 Å². The number of ether oxygens (including phenoxy) is 1. The lowest BCUT2D eigenvalue weighted by molar-refractivity contribution is 0.159. The highest BCUT2D eigenvalue weighted by Gasteiger charge is 2.08. The summed E-state index contributed by atoms with van der Waals surface area (Å²) in [5.41, 5.74) is 5.48. The Bertz CT molecular complexity index is 310. The third-order valence-corrected chi connectivity index (χ3v) is 2.32. The molecule has 3 nitrogen and oxygen atoms in total. The predicted octanol–water partition coefficient (Wildman–Crippen LogP) is 2.18. The maximum atomic E-state index is 8.67. The Balaban J connectivity index is 3.08. The second kappa shape index (κ2) is 4.98. The fourth-order valence-electron chi connectivity index (χ4n) is 1.42. The van der Waals surface area contributed by atoms with Crippen LogP contribution in [0.5, 0.6) is 5.75 Å². The van der Waals surface area contributed by atoms with Gasteiger partial charge in [0.25, 0.3) is 0 Å². The molecule has 2 N–H and O–H groups in total. The fraction of sp³-hybridized carbons (Fsp3) is 0.455. The van der Waals surface area contributed by atoms with Gasteiger partial charge in [-0.25, -0.2) is 5.48 Å². The van der Waals surface area contributed by atoms with Crippen LogP contribution in [0.15, 0.2) is 12.1 Å². The molecule has 0 amide bonds. The van der Waals surface area contributed by atoms with E-state index >= 15 is 0 Å². The van der Waals surface area contributed by atoms with E-state index in [9.17, 15) is 0 Å². The molecule has 0 saturated carbocycles. The lowest BCUT2D eigenvalue weighted by Gasteiger charge is -2.14. The Labute approximate surface area is 84.7 Å². The summed E-state index contributed by atoms with van der Waals surface area (Å²) in [5.74, 6) is 0.883. The average molecular weight is 195 g/mol. The first kappa shape index (κ1) is 11.0. The maximum absolute atomic E-state index is 8.67. The fourth-order valence-corrected chi connectivity index (χ4v) is 1.42. The number of hydrogen-bond donors (Lipinski definition) is 2. The van der Waals surface area contributed by atoms with Crippen molar-refractivity contribution in [2.45, 2.75) is 27.3 Å². The Morgan fingerprint density at radius 3 is 2.64 bits per heavy atom. The molecular weight excluding hydrogens is 178 g/mol. The van der Waals surface area contributed by atoms with Crippen LogP contribution < -0.4 is 10.2 Å². The minimum Gasteiger partial charge on any atom is -0.493 e. The van der Waals surface area contributed by atoms with Crippen LogP contribution in [0.4, 0.5) is 0 Å². The molecule has 0 unspecified atom stereocenters. The van der Waals surface area contributed by atoms with Gasteiger partial charge in [-0.2, -0.15) is 0 Å². The first-order valence-corrected chi connectivity index (χ1v) is 4.79. The normalized spacial score (nSPS) is 10.3. The van der Waals surface area contributed by atoms with Gasteiger partial charge in [-0.15, -0.1) is 0 Å². The van der Waals surface area contributed by atoms with E-state index in [-0.39, 0.29) is 0 Å².